The van der Waals surface area contributed by atoms with E-state index in [-0.39, 0.29) is 0 Å². The van der Waals surface area contributed by atoms with Gasteiger partial charge in [0.15, 0.2) is 0 Å². The van der Waals surface area contributed by atoms with E-state index in [2.05, 4.69) is 11.5 Å². The molecule has 0 aliphatic carbocycles. The molecule has 0 aliphatic heterocycles. The number of anilines is 1. The zero-order valence-corrected chi connectivity index (χ0v) is 11.9. The standard InChI is InChI=1S/C15H11Cl2N3/c16-12-3-1-10(2-4-12)7-11(9-18)14-6-5-13(20-19)8-15(14)17/h1-8,20H,19H2/b11-7+. The smallest absolute Gasteiger partial charge is 0.0998 e. The van der Waals surface area contributed by atoms with Gasteiger partial charge >= 0.3 is 0 Å². The number of nitrogens with zero attached hydrogens (tertiary/aromatic N) is 1. The van der Waals surface area contributed by atoms with Gasteiger partial charge in [0.2, 0.25) is 0 Å². The van der Waals surface area contributed by atoms with Crippen LogP contribution < -0.4 is 11.3 Å². The van der Waals surface area contributed by atoms with Crippen LogP contribution in [0.4, 0.5) is 5.69 Å². The number of rotatable bonds is 3. The predicted octanol–water partition coefficient (Wildman–Crippen LogP) is 4.34. The molecule has 5 heteroatoms. The van der Waals surface area contributed by atoms with Crippen LogP contribution in [0.25, 0.3) is 11.6 Å². The van der Waals surface area contributed by atoms with Gasteiger partial charge in [0.25, 0.3) is 0 Å². The van der Waals surface area contributed by atoms with Crippen molar-refractivity contribution >= 4 is 40.5 Å². The first-order chi connectivity index (χ1) is 9.63. The summed E-state index contributed by atoms with van der Waals surface area (Å²) in [5.74, 6) is 5.31. The van der Waals surface area contributed by atoms with Gasteiger partial charge in [0.05, 0.1) is 16.7 Å². The van der Waals surface area contributed by atoms with E-state index in [1.54, 1.807) is 36.4 Å². The molecule has 0 unspecified atom stereocenters. The molecule has 2 aromatic rings. The predicted molar refractivity (Wildman–Crippen MR) is 84.2 cm³/mol. The molecule has 0 spiro atoms. The van der Waals surface area contributed by atoms with Gasteiger partial charge < -0.3 is 5.43 Å². The normalized spacial score (nSPS) is 11.0. The third kappa shape index (κ3) is 3.31. The van der Waals surface area contributed by atoms with Crippen LogP contribution in [0.15, 0.2) is 42.5 Å². The summed E-state index contributed by atoms with van der Waals surface area (Å²) in [4.78, 5) is 0. The molecule has 3 N–H and O–H groups in total. The molecule has 2 rings (SSSR count). The summed E-state index contributed by atoms with van der Waals surface area (Å²) in [5, 5.41) is 10.4. The van der Waals surface area contributed by atoms with Gasteiger partial charge in [-0.25, -0.2) is 0 Å². The number of hydrogen-bond acceptors (Lipinski definition) is 3. The molecule has 100 valence electrons. The number of benzene rings is 2. The fourth-order valence-electron chi connectivity index (χ4n) is 1.72. The summed E-state index contributed by atoms with van der Waals surface area (Å²) in [6.07, 6.45) is 1.76. The Morgan fingerprint density at radius 1 is 1.15 bits per heavy atom. The van der Waals surface area contributed by atoms with Crippen LogP contribution in [0.3, 0.4) is 0 Å². The number of hydrazine groups is 1. The summed E-state index contributed by atoms with van der Waals surface area (Å²) < 4.78 is 0. The summed E-state index contributed by atoms with van der Waals surface area (Å²) >= 11 is 12.0. The van der Waals surface area contributed by atoms with Crippen molar-refractivity contribution in [1.82, 2.24) is 0 Å². The molecular weight excluding hydrogens is 293 g/mol. The highest BCUT2D eigenvalue weighted by molar-refractivity contribution is 6.33. The van der Waals surface area contributed by atoms with Crippen molar-refractivity contribution in [2.75, 3.05) is 5.43 Å². The molecular formula is C15H11Cl2N3. The lowest BCUT2D eigenvalue weighted by Crippen LogP contribution is -2.06. The van der Waals surface area contributed by atoms with Crippen LogP contribution in [0, 0.1) is 11.3 Å². The summed E-state index contributed by atoms with van der Waals surface area (Å²) in [6, 6.07) is 14.5. The Hall–Kier alpha value is -1.99. The van der Waals surface area contributed by atoms with E-state index in [0.717, 1.165) is 5.56 Å². The Labute approximate surface area is 127 Å². The van der Waals surface area contributed by atoms with Crippen molar-refractivity contribution in [3.8, 4) is 6.07 Å². The lowest BCUT2D eigenvalue weighted by Gasteiger charge is -2.06. The van der Waals surface area contributed by atoms with E-state index in [0.29, 0.717) is 26.9 Å². The highest BCUT2D eigenvalue weighted by Crippen LogP contribution is 2.28. The van der Waals surface area contributed by atoms with Crippen molar-refractivity contribution in [3.05, 3.63) is 63.6 Å². The lowest BCUT2D eigenvalue weighted by atomic mass is 10.0. The highest BCUT2D eigenvalue weighted by Gasteiger charge is 2.07. The van der Waals surface area contributed by atoms with Crippen LogP contribution in [-0.4, -0.2) is 0 Å². The van der Waals surface area contributed by atoms with Gasteiger partial charge in [-0.05, 0) is 35.9 Å². The zero-order chi connectivity index (χ0) is 14.5. The molecule has 20 heavy (non-hydrogen) atoms. The van der Waals surface area contributed by atoms with Crippen LogP contribution in [-0.2, 0) is 0 Å². The topological polar surface area (TPSA) is 61.8 Å². The van der Waals surface area contributed by atoms with Crippen molar-refractivity contribution in [1.29, 1.82) is 5.26 Å². The van der Waals surface area contributed by atoms with E-state index in [1.807, 2.05) is 12.1 Å². The average molecular weight is 304 g/mol. The quantitative estimate of drug-likeness (QED) is 0.384. The summed E-state index contributed by atoms with van der Waals surface area (Å²) in [5.41, 5.74) is 5.20. The maximum Gasteiger partial charge on any atom is 0.0998 e. The largest absolute Gasteiger partial charge is 0.324 e. The number of halogens is 2. The maximum absolute atomic E-state index is 9.30. The molecule has 0 fully saturated rings. The molecule has 0 saturated heterocycles. The molecule has 3 nitrogen and oxygen atoms in total. The van der Waals surface area contributed by atoms with Gasteiger partial charge in [-0.1, -0.05) is 41.4 Å². The fraction of sp³-hybridized carbons (Fsp3) is 0. The van der Waals surface area contributed by atoms with E-state index in [9.17, 15) is 5.26 Å². The molecule has 0 heterocycles. The molecule has 0 aliphatic rings. The molecule has 0 radical (unpaired) electrons. The van der Waals surface area contributed by atoms with Crippen molar-refractivity contribution in [2.24, 2.45) is 5.84 Å². The number of nitriles is 1. The Kier molecular flexibility index (Phi) is 4.65. The van der Waals surface area contributed by atoms with Crippen molar-refractivity contribution in [2.45, 2.75) is 0 Å². The van der Waals surface area contributed by atoms with Gasteiger partial charge in [-0.15, -0.1) is 0 Å². The number of nitrogens with two attached hydrogens (primary N) is 1. The first kappa shape index (κ1) is 14.4. The maximum atomic E-state index is 9.30. The van der Waals surface area contributed by atoms with Crippen LogP contribution in [0.5, 0.6) is 0 Å². The molecule has 0 bridgehead atoms. The second-order valence-corrected chi connectivity index (χ2v) is 4.90. The van der Waals surface area contributed by atoms with Crippen molar-refractivity contribution in [3.63, 3.8) is 0 Å². The Morgan fingerprint density at radius 3 is 2.40 bits per heavy atom. The zero-order valence-electron chi connectivity index (χ0n) is 10.4. The summed E-state index contributed by atoms with van der Waals surface area (Å²) in [6.45, 7) is 0. The minimum absolute atomic E-state index is 0.460. The fourth-order valence-corrected chi connectivity index (χ4v) is 2.13. The van der Waals surface area contributed by atoms with E-state index in [1.165, 1.54) is 0 Å². The summed E-state index contributed by atoms with van der Waals surface area (Å²) in [7, 11) is 0. The van der Waals surface area contributed by atoms with Crippen LogP contribution in [0.1, 0.15) is 11.1 Å². The molecule has 0 aromatic heterocycles. The van der Waals surface area contributed by atoms with Crippen molar-refractivity contribution < 1.29 is 0 Å². The average Bonchev–Trinajstić information content (AvgIpc) is 2.47. The van der Waals surface area contributed by atoms with Gasteiger partial charge in [0.1, 0.15) is 0 Å². The van der Waals surface area contributed by atoms with E-state index in [4.69, 9.17) is 29.0 Å². The SMILES string of the molecule is N#C/C(=C\c1ccc(Cl)cc1)c1ccc(NN)cc1Cl. The monoisotopic (exact) mass is 303 g/mol. The lowest BCUT2D eigenvalue weighted by molar-refractivity contribution is 1.35. The molecule has 0 saturated carbocycles. The Bertz CT molecular complexity index is 685. The minimum atomic E-state index is 0.460. The van der Waals surface area contributed by atoms with Gasteiger partial charge in [-0.2, -0.15) is 5.26 Å². The highest BCUT2D eigenvalue weighted by atomic mass is 35.5. The number of allylic oxidation sites excluding steroid dienone is 1. The van der Waals surface area contributed by atoms with E-state index >= 15 is 0 Å². The molecule has 2 aromatic carbocycles. The molecule has 0 atom stereocenters. The number of nitrogens with one attached hydrogen (secondary N) is 1. The first-order valence-electron chi connectivity index (χ1n) is 5.78. The minimum Gasteiger partial charge on any atom is -0.324 e. The third-order valence-electron chi connectivity index (χ3n) is 2.73. The van der Waals surface area contributed by atoms with Crippen LogP contribution >= 0.6 is 23.2 Å². The Morgan fingerprint density at radius 2 is 1.85 bits per heavy atom. The third-order valence-corrected chi connectivity index (χ3v) is 3.29. The second-order valence-electron chi connectivity index (χ2n) is 4.06. The number of hydrogen-bond donors (Lipinski definition) is 2. The first-order valence-corrected chi connectivity index (χ1v) is 6.53. The van der Waals surface area contributed by atoms with Gasteiger partial charge in [0, 0.05) is 16.3 Å². The van der Waals surface area contributed by atoms with E-state index < -0.39 is 0 Å². The number of nitrogen functional groups attached to an aromatic ring is 1. The van der Waals surface area contributed by atoms with Crippen LogP contribution in [0.2, 0.25) is 10.0 Å². The Balaban J connectivity index is 2.42. The second kappa shape index (κ2) is 6.44. The molecule has 0 amide bonds. The van der Waals surface area contributed by atoms with Gasteiger partial charge in [-0.3, -0.25) is 5.84 Å².